The van der Waals surface area contributed by atoms with Crippen LogP contribution < -0.4 is 5.32 Å². The SMILES string of the molecule is CC(CCl)NC(=O)Cc1cccc(O)c1. The number of phenolic OH excluding ortho intramolecular Hbond substituents is 1. The Bertz CT molecular complexity index is 341. The lowest BCUT2D eigenvalue weighted by molar-refractivity contribution is -0.120. The van der Waals surface area contributed by atoms with Gasteiger partial charge in [0, 0.05) is 11.9 Å². The van der Waals surface area contributed by atoms with Crippen molar-refractivity contribution < 1.29 is 9.90 Å². The average Bonchev–Trinajstić information content (AvgIpc) is 2.17. The molecular formula is C11H14ClNO2. The third-order valence-electron chi connectivity index (χ3n) is 1.91. The van der Waals surface area contributed by atoms with Gasteiger partial charge in [-0.1, -0.05) is 12.1 Å². The van der Waals surface area contributed by atoms with Crippen molar-refractivity contribution in [1.29, 1.82) is 0 Å². The Labute approximate surface area is 94.1 Å². The maximum absolute atomic E-state index is 11.4. The second kappa shape index (κ2) is 5.61. The highest BCUT2D eigenvalue weighted by Gasteiger charge is 2.07. The molecule has 3 nitrogen and oxygen atoms in total. The van der Waals surface area contributed by atoms with Gasteiger partial charge in [0.2, 0.25) is 5.91 Å². The van der Waals surface area contributed by atoms with Gasteiger partial charge in [-0.15, -0.1) is 11.6 Å². The first-order valence-corrected chi connectivity index (χ1v) is 5.28. The van der Waals surface area contributed by atoms with Crippen LogP contribution in [0.5, 0.6) is 5.75 Å². The van der Waals surface area contributed by atoms with Gasteiger partial charge in [0.05, 0.1) is 6.42 Å². The van der Waals surface area contributed by atoms with Crippen molar-refractivity contribution in [3.05, 3.63) is 29.8 Å². The number of alkyl halides is 1. The molecule has 1 unspecified atom stereocenters. The van der Waals surface area contributed by atoms with E-state index >= 15 is 0 Å². The van der Waals surface area contributed by atoms with Crippen molar-refractivity contribution in [1.82, 2.24) is 5.32 Å². The summed E-state index contributed by atoms with van der Waals surface area (Å²) in [5.74, 6) is 0.477. The molecule has 15 heavy (non-hydrogen) atoms. The molecule has 0 aliphatic rings. The quantitative estimate of drug-likeness (QED) is 0.769. The number of hydrogen-bond acceptors (Lipinski definition) is 2. The van der Waals surface area contributed by atoms with Gasteiger partial charge in [-0.05, 0) is 24.6 Å². The third kappa shape index (κ3) is 4.21. The molecular weight excluding hydrogens is 214 g/mol. The fraction of sp³-hybridized carbons (Fsp3) is 0.364. The molecule has 1 rings (SSSR count). The first-order valence-electron chi connectivity index (χ1n) is 4.75. The molecule has 82 valence electrons. The first kappa shape index (κ1) is 11.9. The van der Waals surface area contributed by atoms with Gasteiger partial charge in [-0.25, -0.2) is 0 Å². The third-order valence-corrected chi connectivity index (χ3v) is 2.38. The van der Waals surface area contributed by atoms with Crippen molar-refractivity contribution in [3.63, 3.8) is 0 Å². The Hall–Kier alpha value is -1.22. The summed E-state index contributed by atoms with van der Waals surface area (Å²) >= 11 is 5.57. The minimum atomic E-state index is -0.0891. The maximum atomic E-state index is 11.4. The number of phenols is 1. The number of carbonyl (C=O) groups excluding carboxylic acids is 1. The Kier molecular flexibility index (Phi) is 4.43. The van der Waals surface area contributed by atoms with Crippen molar-refractivity contribution in [2.45, 2.75) is 19.4 Å². The predicted molar refractivity (Wildman–Crippen MR) is 60.1 cm³/mol. The van der Waals surface area contributed by atoms with Crippen LogP contribution in [0.25, 0.3) is 0 Å². The zero-order valence-electron chi connectivity index (χ0n) is 8.53. The Balaban J connectivity index is 2.51. The second-order valence-corrected chi connectivity index (χ2v) is 3.78. The average molecular weight is 228 g/mol. The second-order valence-electron chi connectivity index (χ2n) is 3.47. The summed E-state index contributed by atoms with van der Waals surface area (Å²) in [6.45, 7) is 1.84. The molecule has 1 aromatic carbocycles. The van der Waals surface area contributed by atoms with E-state index in [-0.39, 0.29) is 24.1 Å². The van der Waals surface area contributed by atoms with Gasteiger partial charge in [0.25, 0.3) is 0 Å². The van der Waals surface area contributed by atoms with Crippen LogP contribution in [-0.2, 0) is 11.2 Å². The lowest BCUT2D eigenvalue weighted by Crippen LogP contribution is -2.34. The number of benzene rings is 1. The van der Waals surface area contributed by atoms with Crippen molar-refractivity contribution in [2.24, 2.45) is 0 Å². The summed E-state index contributed by atoms with van der Waals surface area (Å²) in [5.41, 5.74) is 0.786. The van der Waals surface area contributed by atoms with Crippen molar-refractivity contribution >= 4 is 17.5 Å². The summed E-state index contributed by atoms with van der Waals surface area (Å²) in [5, 5.41) is 11.9. The van der Waals surface area contributed by atoms with Gasteiger partial charge >= 0.3 is 0 Å². The van der Waals surface area contributed by atoms with E-state index in [1.165, 1.54) is 0 Å². The van der Waals surface area contributed by atoms with Crippen molar-refractivity contribution in [2.75, 3.05) is 5.88 Å². The minimum absolute atomic E-state index is 0.0310. The van der Waals surface area contributed by atoms with E-state index in [4.69, 9.17) is 11.6 Å². The fourth-order valence-electron chi connectivity index (χ4n) is 1.22. The van der Waals surface area contributed by atoms with Gasteiger partial charge < -0.3 is 10.4 Å². The van der Waals surface area contributed by atoms with E-state index in [2.05, 4.69) is 5.32 Å². The van der Waals surface area contributed by atoms with Crippen LogP contribution in [0.1, 0.15) is 12.5 Å². The topological polar surface area (TPSA) is 49.3 Å². The molecule has 0 radical (unpaired) electrons. The smallest absolute Gasteiger partial charge is 0.224 e. The molecule has 0 aliphatic heterocycles. The predicted octanol–water partition coefficient (Wildman–Crippen LogP) is 1.68. The van der Waals surface area contributed by atoms with Crippen molar-refractivity contribution in [3.8, 4) is 5.75 Å². The summed E-state index contributed by atoms with van der Waals surface area (Å²) in [7, 11) is 0. The maximum Gasteiger partial charge on any atom is 0.224 e. The van der Waals surface area contributed by atoms with E-state index in [9.17, 15) is 9.90 Å². The largest absolute Gasteiger partial charge is 0.508 e. The van der Waals surface area contributed by atoms with E-state index < -0.39 is 0 Å². The molecule has 1 amide bonds. The Morgan fingerprint density at radius 2 is 2.33 bits per heavy atom. The van der Waals surface area contributed by atoms with E-state index in [0.717, 1.165) is 5.56 Å². The number of carbonyl (C=O) groups is 1. The number of halogens is 1. The van der Waals surface area contributed by atoms with Crippen LogP contribution in [0.15, 0.2) is 24.3 Å². The molecule has 0 saturated heterocycles. The standard InChI is InChI=1S/C11H14ClNO2/c1-8(7-12)13-11(15)6-9-3-2-4-10(14)5-9/h2-5,8,14H,6-7H2,1H3,(H,13,15). The molecule has 0 saturated carbocycles. The number of nitrogens with one attached hydrogen (secondary N) is 1. The molecule has 1 aromatic rings. The Morgan fingerprint density at radius 3 is 2.93 bits per heavy atom. The summed E-state index contributed by atoms with van der Waals surface area (Å²) in [6, 6.07) is 6.62. The highest BCUT2D eigenvalue weighted by atomic mass is 35.5. The number of amides is 1. The lowest BCUT2D eigenvalue weighted by Gasteiger charge is -2.10. The summed E-state index contributed by atoms with van der Waals surface area (Å²) in [4.78, 5) is 11.4. The summed E-state index contributed by atoms with van der Waals surface area (Å²) < 4.78 is 0. The van der Waals surface area contributed by atoms with E-state index in [1.54, 1.807) is 24.3 Å². The zero-order valence-corrected chi connectivity index (χ0v) is 9.29. The molecule has 0 fully saturated rings. The highest BCUT2D eigenvalue weighted by molar-refractivity contribution is 6.18. The van der Waals surface area contributed by atoms with E-state index in [0.29, 0.717) is 5.88 Å². The van der Waals surface area contributed by atoms with Crippen LogP contribution >= 0.6 is 11.6 Å². The zero-order chi connectivity index (χ0) is 11.3. The monoisotopic (exact) mass is 227 g/mol. The molecule has 4 heteroatoms. The van der Waals surface area contributed by atoms with Gasteiger partial charge in [0.1, 0.15) is 5.75 Å². The molecule has 0 heterocycles. The van der Waals surface area contributed by atoms with Gasteiger partial charge in [-0.2, -0.15) is 0 Å². The van der Waals surface area contributed by atoms with Gasteiger partial charge in [-0.3, -0.25) is 4.79 Å². The van der Waals surface area contributed by atoms with Crippen LogP contribution in [0.2, 0.25) is 0 Å². The normalized spacial score (nSPS) is 12.1. The highest BCUT2D eigenvalue weighted by Crippen LogP contribution is 2.11. The minimum Gasteiger partial charge on any atom is -0.508 e. The molecule has 0 aliphatic carbocycles. The molecule has 0 bridgehead atoms. The van der Waals surface area contributed by atoms with Crippen LogP contribution in [0.3, 0.4) is 0 Å². The molecule has 1 atom stereocenters. The molecule has 2 N–H and O–H groups in total. The molecule has 0 spiro atoms. The first-order chi connectivity index (χ1) is 7.11. The van der Waals surface area contributed by atoms with Crippen LogP contribution in [-0.4, -0.2) is 22.9 Å². The number of aromatic hydroxyl groups is 1. The Morgan fingerprint density at radius 1 is 1.60 bits per heavy atom. The van der Waals surface area contributed by atoms with E-state index in [1.807, 2.05) is 6.92 Å². The number of rotatable bonds is 4. The molecule has 0 aromatic heterocycles. The van der Waals surface area contributed by atoms with Gasteiger partial charge in [0.15, 0.2) is 0 Å². The number of hydrogen-bond donors (Lipinski definition) is 2. The fourth-order valence-corrected chi connectivity index (χ4v) is 1.29. The lowest BCUT2D eigenvalue weighted by atomic mass is 10.1. The summed E-state index contributed by atoms with van der Waals surface area (Å²) in [6.07, 6.45) is 0.260. The van der Waals surface area contributed by atoms with Crippen LogP contribution in [0, 0.1) is 0 Å². The van der Waals surface area contributed by atoms with Crippen LogP contribution in [0.4, 0.5) is 0 Å².